The summed E-state index contributed by atoms with van der Waals surface area (Å²) >= 11 is 0. The van der Waals surface area contributed by atoms with Crippen LogP contribution in [0.3, 0.4) is 0 Å². The molecule has 3 heterocycles. The van der Waals surface area contributed by atoms with E-state index >= 15 is 0 Å². The highest BCUT2D eigenvalue weighted by Gasteiger charge is 2.51. The topological polar surface area (TPSA) is 54.0 Å². The molecule has 0 N–H and O–H groups in total. The molecular formula is C22H36O5Si. The number of hydrogen-bond donors (Lipinski definition) is 0. The maximum Gasteiger partial charge on any atom is 0.303 e. The van der Waals surface area contributed by atoms with E-state index in [4.69, 9.17) is 18.6 Å². The van der Waals surface area contributed by atoms with Gasteiger partial charge < -0.3 is 18.6 Å². The minimum atomic E-state index is -1.99. The van der Waals surface area contributed by atoms with Gasteiger partial charge in [0.15, 0.2) is 14.6 Å². The van der Waals surface area contributed by atoms with Gasteiger partial charge in [0.05, 0.1) is 12.2 Å². The zero-order valence-electron chi connectivity index (χ0n) is 18.3. The van der Waals surface area contributed by atoms with Crippen molar-refractivity contribution in [2.24, 2.45) is 11.8 Å². The first kappa shape index (κ1) is 21.7. The maximum absolute atomic E-state index is 11.7. The second-order valence-corrected chi connectivity index (χ2v) is 14.7. The molecule has 28 heavy (non-hydrogen) atoms. The normalized spacial score (nSPS) is 38.3. The van der Waals surface area contributed by atoms with E-state index in [9.17, 15) is 4.79 Å². The molecule has 0 saturated carbocycles. The molecule has 3 aliphatic heterocycles. The fourth-order valence-corrected chi connectivity index (χ4v) is 5.28. The first-order valence-electron chi connectivity index (χ1n) is 10.5. The van der Waals surface area contributed by atoms with Crippen molar-refractivity contribution in [2.45, 2.75) is 96.3 Å². The first-order valence-corrected chi connectivity index (χ1v) is 13.4. The largest absolute Gasteiger partial charge is 0.456 e. The van der Waals surface area contributed by atoms with Gasteiger partial charge in [-0.2, -0.15) is 0 Å². The van der Waals surface area contributed by atoms with Crippen LogP contribution < -0.4 is 0 Å². The maximum atomic E-state index is 11.7. The molecule has 1 saturated heterocycles. The third kappa shape index (κ3) is 4.45. The zero-order valence-corrected chi connectivity index (χ0v) is 19.3. The van der Waals surface area contributed by atoms with Gasteiger partial charge >= 0.3 is 5.97 Å². The molecule has 0 amide bonds. The van der Waals surface area contributed by atoms with E-state index in [1.807, 2.05) is 12.2 Å². The Bertz CT molecular complexity index is 635. The lowest BCUT2D eigenvalue weighted by atomic mass is 9.78. The first-order chi connectivity index (χ1) is 13.0. The van der Waals surface area contributed by atoms with Gasteiger partial charge in [0.25, 0.3) is 0 Å². The van der Waals surface area contributed by atoms with Crippen LogP contribution in [0, 0.1) is 11.8 Å². The van der Waals surface area contributed by atoms with Crippen LogP contribution in [0.25, 0.3) is 0 Å². The summed E-state index contributed by atoms with van der Waals surface area (Å²) in [5.41, 5.74) is 0. The number of rotatable bonds is 4. The smallest absolute Gasteiger partial charge is 0.303 e. The number of carbonyl (C=O) groups is 1. The Hall–Kier alpha value is -0.953. The zero-order chi connectivity index (χ0) is 20.7. The van der Waals surface area contributed by atoms with E-state index in [-0.39, 0.29) is 35.2 Å². The average Bonchev–Trinajstić information content (AvgIpc) is 2.73. The number of ether oxygens (including phenoxy) is 3. The predicted molar refractivity (Wildman–Crippen MR) is 111 cm³/mol. The van der Waals surface area contributed by atoms with Crippen LogP contribution >= 0.6 is 0 Å². The van der Waals surface area contributed by atoms with Crippen LogP contribution in [-0.2, 0) is 23.4 Å². The molecule has 0 radical (unpaired) electrons. The molecule has 158 valence electrons. The van der Waals surface area contributed by atoms with Crippen LogP contribution in [0.5, 0.6) is 0 Å². The van der Waals surface area contributed by atoms with Gasteiger partial charge in [-0.15, -0.1) is 0 Å². The molecule has 2 bridgehead atoms. The highest BCUT2D eigenvalue weighted by atomic mass is 28.4. The average molecular weight is 409 g/mol. The molecule has 0 spiro atoms. The van der Waals surface area contributed by atoms with Crippen molar-refractivity contribution in [1.29, 1.82) is 0 Å². The van der Waals surface area contributed by atoms with Crippen molar-refractivity contribution >= 4 is 14.3 Å². The summed E-state index contributed by atoms with van der Waals surface area (Å²) in [5.74, 6) is 0.200. The molecule has 0 aromatic rings. The molecule has 0 aromatic carbocycles. The van der Waals surface area contributed by atoms with Crippen molar-refractivity contribution in [3.63, 3.8) is 0 Å². The lowest BCUT2D eigenvalue weighted by Gasteiger charge is -2.43. The fraction of sp³-hybridized carbons (Fsp3) is 0.773. The van der Waals surface area contributed by atoms with E-state index in [2.05, 4.69) is 52.9 Å². The second kappa shape index (κ2) is 8.05. The minimum absolute atomic E-state index is 0.0850. The van der Waals surface area contributed by atoms with Gasteiger partial charge in [0, 0.05) is 12.8 Å². The standard InChI is InChI=1S/C22H36O5Si/c1-14-16-10-8-9-11-17(25-16)20(14)21-18(24-15(2)23)12-13-19(26-21)27-28(6,7)22(3,4)5/h8-9,12-14,16-21H,10-11H2,1-7H3/t14-,16-,17+,18+,19-,20-,21-/m0/s1. The number of carbonyl (C=O) groups excluding carboxylic acids is 1. The Morgan fingerprint density at radius 1 is 1.07 bits per heavy atom. The summed E-state index contributed by atoms with van der Waals surface area (Å²) in [6.07, 6.45) is 9.27. The van der Waals surface area contributed by atoms with E-state index in [1.54, 1.807) is 0 Å². The van der Waals surface area contributed by atoms with Gasteiger partial charge in [0.1, 0.15) is 12.2 Å². The van der Waals surface area contributed by atoms with Gasteiger partial charge in [-0.05, 0) is 49.0 Å². The van der Waals surface area contributed by atoms with E-state index in [0.29, 0.717) is 5.92 Å². The molecule has 6 heteroatoms. The summed E-state index contributed by atoms with van der Waals surface area (Å²) < 4.78 is 24.9. The van der Waals surface area contributed by atoms with Crippen LogP contribution in [-0.4, -0.2) is 45.0 Å². The van der Waals surface area contributed by atoms with Crippen molar-refractivity contribution in [1.82, 2.24) is 0 Å². The summed E-state index contributed by atoms with van der Waals surface area (Å²) in [6, 6.07) is 0. The lowest BCUT2D eigenvalue weighted by molar-refractivity contribution is -0.183. The molecule has 1 fully saturated rings. The Morgan fingerprint density at radius 2 is 1.71 bits per heavy atom. The molecule has 0 aromatic heterocycles. The van der Waals surface area contributed by atoms with Crippen molar-refractivity contribution in [3.05, 3.63) is 24.3 Å². The molecule has 0 unspecified atom stereocenters. The molecule has 0 aliphatic carbocycles. The SMILES string of the molecule is CC(=O)O[C@@H]1C=C[C@H](O[Si](C)(C)C(C)(C)C)O[C@@H]1[C@H]1[C@@H](C)[C@@H]2CC=CC[C@H]1O2. The Labute approximate surface area is 170 Å². The summed E-state index contributed by atoms with van der Waals surface area (Å²) in [6.45, 7) is 14.8. The Kier molecular flexibility index (Phi) is 6.25. The summed E-state index contributed by atoms with van der Waals surface area (Å²) in [7, 11) is -1.99. The van der Waals surface area contributed by atoms with Gasteiger partial charge in [-0.1, -0.05) is 39.8 Å². The number of hydrogen-bond acceptors (Lipinski definition) is 5. The summed E-state index contributed by atoms with van der Waals surface area (Å²) in [5, 5.41) is 0.0927. The number of fused-ring (bicyclic) bond motifs is 2. The van der Waals surface area contributed by atoms with Crippen molar-refractivity contribution < 1.29 is 23.4 Å². The van der Waals surface area contributed by atoms with E-state index in [0.717, 1.165) is 12.8 Å². The Balaban J connectivity index is 1.83. The monoisotopic (exact) mass is 408 g/mol. The van der Waals surface area contributed by atoms with E-state index in [1.165, 1.54) is 6.92 Å². The summed E-state index contributed by atoms with van der Waals surface area (Å²) in [4.78, 5) is 11.7. The highest BCUT2D eigenvalue weighted by Crippen LogP contribution is 2.44. The van der Waals surface area contributed by atoms with Crippen LogP contribution in [0.2, 0.25) is 18.1 Å². The third-order valence-electron chi connectivity index (χ3n) is 6.85. The predicted octanol–water partition coefficient (Wildman–Crippen LogP) is 4.59. The molecule has 5 nitrogen and oxygen atoms in total. The van der Waals surface area contributed by atoms with Gasteiger partial charge in [-0.3, -0.25) is 4.79 Å². The molecule has 3 rings (SSSR count). The van der Waals surface area contributed by atoms with Crippen LogP contribution in [0.1, 0.15) is 47.5 Å². The Morgan fingerprint density at radius 3 is 2.32 bits per heavy atom. The lowest BCUT2D eigenvalue weighted by Crippen LogP contribution is -2.51. The van der Waals surface area contributed by atoms with Crippen molar-refractivity contribution in [2.75, 3.05) is 0 Å². The fourth-order valence-electron chi connectivity index (χ4n) is 4.21. The second-order valence-electron chi connectivity index (χ2n) is 9.90. The van der Waals surface area contributed by atoms with Crippen molar-refractivity contribution in [3.8, 4) is 0 Å². The molecule has 7 atom stereocenters. The van der Waals surface area contributed by atoms with Crippen LogP contribution in [0.15, 0.2) is 24.3 Å². The molecular weight excluding hydrogens is 372 g/mol. The van der Waals surface area contributed by atoms with Crippen LogP contribution in [0.4, 0.5) is 0 Å². The highest BCUT2D eigenvalue weighted by molar-refractivity contribution is 6.74. The van der Waals surface area contributed by atoms with Gasteiger partial charge in [0.2, 0.25) is 0 Å². The minimum Gasteiger partial charge on any atom is -0.456 e. The van der Waals surface area contributed by atoms with Gasteiger partial charge in [-0.25, -0.2) is 0 Å². The molecule has 3 aliphatic rings. The quantitative estimate of drug-likeness (QED) is 0.387. The third-order valence-corrected chi connectivity index (χ3v) is 11.3. The van der Waals surface area contributed by atoms with E-state index < -0.39 is 20.7 Å². The number of esters is 1.